The van der Waals surface area contributed by atoms with E-state index in [4.69, 9.17) is 19.9 Å². The average molecular weight is 446 g/mol. The van der Waals surface area contributed by atoms with E-state index in [1.165, 1.54) is 37.5 Å². The molecule has 1 amide bonds. The monoisotopic (exact) mass is 446 g/mol. The van der Waals surface area contributed by atoms with E-state index in [1.54, 1.807) is 30.3 Å². The van der Waals surface area contributed by atoms with Gasteiger partial charge in [-0.2, -0.15) is 0 Å². The zero-order valence-corrected chi connectivity index (χ0v) is 17.8. The topological polar surface area (TPSA) is 105 Å². The second-order valence-electron chi connectivity index (χ2n) is 7.25. The predicted molar refractivity (Wildman–Crippen MR) is 124 cm³/mol. The van der Waals surface area contributed by atoms with Crippen LogP contribution < -0.4 is 25.3 Å². The number of ether oxygens (including phenoxy) is 3. The lowest BCUT2D eigenvalue weighted by Gasteiger charge is -2.19. The van der Waals surface area contributed by atoms with Gasteiger partial charge in [-0.1, -0.05) is 30.4 Å². The highest BCUT2D eigenvalue weighted by atomic mass is 19.1. The largest absolute Gasteiger partial charge is 0.803 e. The summed E-state index contributed by atoms with van der Waals surface area (Å²) in [6.07, 6.45) is 3.01. The number of anilines is 1. The van der Waals surface area contributed by atoms with Crippen molar-refractivity contribution < 1.29 is 23.4 Å². The van der Waals surface area contributed by atoms with Crippen LogP contribution in [0.2, 0.25) is 0 Å². The molecule has 0 bridgehead atoms. The zero-order valence-electron chi connectivity index (χ0n) is 17.8. The van der Waals surface area contributed by atoms with Crippen LogP contribution in [-0.4, -0.2) is 25.5 Å². The van der Waals surface area contributed by atoms with Crippen LogP contribution in [-0.2, 0) is 6.54 Å². The van der Waals surface area contributed by atoms with E-state index in [0.29, 0.717) is 17.1 Å². The molecule has 0 radical (unpaired) electrons. The van der Waals surface area contributed by atoms with E-state index in [9.17, 15) is 14.6 Å². The lowest BCUT2D eigenvalue weighted by Crippen LogP contribution is -2.24. The Labute approximate surface area is 190 Å². The molecule has 0 saturated heterocycles. The maximum atomic E-state index is 13.1. The molecule has 168 valence electrons. The summed E-state index contributed by atoms with van der Waals surface area (Å²) in [5, 5.41) is 13.5. The number of halogens is 1. The summed E-state index contributed by atoms with van der Waals surface area (Å²) < 4.78 is 29.2. The number of carbonyl (C=O) groups is 1. The molecule has 7 nitrogen and oxygen atoms in total. The van der Waals surface area contributed by atoms with Gasteiger partial charge >= 0.3 is 0 Å². The van der Waals surface area contributed by atoms with E-state index in [1.807, 2.05) is 6.07 Å². The minimum absolute atomic E-state index is 0.138. The number of methoxy groups -OCH3 is 1. The summed E-state index contributed by atoms with van der Waals surface area (Å²) in [7, 11) is 1.39. The second-order valence-corrected chi connectivity index (χ2v) is 7.25. The van der Waals surface area contributed by atoms with Crippen molar-refractivity contribution in [3.8, 4) is 17.2 Å². The molecule has 0 aliphatic carbocycles. The fraction of sp³-hybridized carbons (Fsp3) is 0.120. The highest BCUT2D eigenvalue weighted by molar-refractivity contribution is 6.19. The first-order valence-electron chi connectivity index (χ1n) is 10.1. The fourth-order valence-electron chi connectivity index (χ4n) is 3.41. The molecule has 0 unspecified atom stereocenters. The van der Waals surface area contributed by atoms with Crippen molar-refractivity contribution in [3.63, 3.8) is 0 Å². The summed E-state index contributed by atoms with van der Waals surface area (Å²) in [4.78, 5) is 12.9. The molecule has 4 rings (SSSR count). The Hall–Kier alpha value is -4.33. The van der Waals surface area contributed by atoms with Gasteiger partial charge in [0.15, 0.2) is 11.5 Å². The zero-order chi connectivity index (χ0) is 23.4. The maximum Gasteiger partial charge on any atom is 0.255 e. The molecule has 0 atom stereocenters. The molecule has 33 heavy (non-hydrogen) atoms. The van der Waals surface area contributed by atoms with Gasteiger partial charge in [0.05, 0.1) is 12.7 Å². The molecule has 0 fully saturated rings. The van der Waals surface area contributed by atoms with Crippen molar-refractivity contribution in [1.29, 1.82) is 0 Å². The Bertz CT molecular complexity index is 1240. The smallest absolute Gasteiger partial charge is 0.255 e. The number of carbonyl (C=O) groups excluding carboxylic acids is 1. The first-order valence-corrected chi connectivity index (χ1v) is 10.1. The molecule has 3 N–H and O–H groups in total. The van der Waals surface area contributed by atoms with E-state index in [2.05, 4.69) is 5.32 Å². The maximum absolute atomic E-state index is 13.1. The van der Waals surface area contributed by atoms with Gasteiger partial charge in [-0.25, -0.2) is 4.39 Å². The van der Waals surface area contributed by atoms with Gasteiger partial charge in [0, 0.05) is 17.8 Å². The molecule has 1 heterocycles. The van der Waals surface area contributed by atoms with Crippen molar-refractivity contribution in [2.24, 2.45) is 0 Å². The van der Waals surface area contributed by atoms with Crippen LogP contribution in [0.3, 0.4) is 0 Å². The number of nitrogen functional groups attached to an aromatic ring is 1. The van der Waals surface area contributed by atoms with Crippen molar-refractivity contribution in [3.05, 3.63) is 94.2 Å². The van der Waals surface area contributed by atoms with Gasteiger partial charge in [0.2, 0.25) is 6.79 Å². The van der Waals surface area contributed by atoms with Crippen molar-refractivity contribution in [1.82, 2.24) is 5.32 Å². The Kier molecular flexibility index (Phi) is 6.26. The quantitative estimate of drug-likeness (QED) is 0.419. The highest BCUT2D eigenvalue weighted by Crippen LogP contribution is 2.33. The number of nitrogens with two attached hydrogens (primary N) is 1. The van der Waals surface area contributed by atoms with Crippen LogP contribution in [0.25, 0.3) is 11.5 Å². The minimum atomic E-state index is -0.402. The van der Waals surface area contributed by atoms with Crippen LogP contribution >= 0.6 is 0 Å². The molecule has 0 spiro atoms. The molecule has 3 aromatic carbocycles. The summed E-state index contributed by atoms with van der Waals surface area (Å²) in [5.74, 6) is 0.669. The summed E-state index contributed by atoms with van der Waals surface area (Å²) in [6.45, 7) is 0.421. The third-order valence-corrected chi connectivity index (χ3v) is 5.09. The van der Waals surface area contributed by atoms with Gasteiger partial charge < -0.3 is 30.7 Å². The number of allylic oxidation sites excluding steroid dienone is 1. The third kappa shape index (κ3) is 4.79. The number of hydrogen-bond acceptors (Lipinski definition) is 5. The Morgan fingerprint density at radius 1 is 1.15 bits per heavy atom. The lowest BCUT2D eigenvalue weighted by molar-refractivity contribution is 0.0948. The van der Waals surface area contributed by atoms with Crippen molar-refractivity contribution >= 4 is 23.4 Å². The molecule has 0 saturated carbocycles. The average Bonchev–Trinajstić information content (AvgIpc) is 3.29. The number of hydrogen-bond donors (Lipinski definition) is 2. The number of benzene rings is 3. The molecule has 0 aromatic heterocycles. The number of fused-ring (bicyclic) bond motifs is 1. The molecular weight excluding hydrogens is 425 g/mol. The van der Waals surface area contributed by atoms with E-state index < -0.39 is 5.91 Å². The first kappa shape index (κ1) is 21.9. The highest BCUT2D eigenvalue weighted by Gasteiger charge is 2.18. The minimum Gasteiger partial charge on any atom is -0.803 e. The van der Waals surface area contributed by atoms with Gasteiger partial charge in [0.1, 0.15) is 11.6 Å². The van der Waals surface area contributed by atoms with Crippen LogP contribution in [0.15, 0.2) is 60.7 Å². The van der Waals surface area contributed by atoms with Gasteiger partial charge in [-0.15, -0.1) is 5.71 Å². The normalized spacial score (nSPS) is 12.1. The Morgan fingerprint density at radius 2 is 1.91 bits per heavy atom. The molecule has 3 aromatic rings. The molecule has 8 heteroatoms. The van der Waals surface area contributed by atoms with Gasteiger partial charge in [-0.3, -0.25) is 4.79 Å². The van der Waals surface area contributed by atoms with Crippen molar-refractivity contribution in [2.75, 3.05) is 19.6 Å². The molecule has 1 aliphatic heterocycles. The second kappa shape index (κ2) is 9.44. The van der Waals surface area contributed by atoms with Gasteiger partial charge in [0.25, 0.3) is 5.91 Å². The van der Waals surface area contributed by atoms with Crippen LogP contribution in [0.4, 0.5) is 10.1 Å². The number of amides is 1. The fourth-order valence-corrected chi connectivity index (χ4v) is 3.41. The lowest BCUT2D eigenvalue weighted by atomic mass is 10.0. The van der Waals surface area contributed by atoms with E-state index in [0.717, 1.165) is 5.56 Å². The standard InChI is InChI=1S/C25H21FN3O4/c1-31-24-18(25(30)29-13-16-5-11-21-22(12-16)33-14-32-21)8-10-20(28)23(24)19(27)9-4-15-2-6-17(26)7-3-15/h2-12H,13-14,28H2,1H3,(H,29,30)/q-1/b9-4+. The number of nitrogens with zero attached hydrogens (tertiary/aromatic N) is 1. The first-order chi connectivity index (χ1) is 16.0. The number of nitrogens with one attached hydrogen (secondary N) is 1. The van der Waals surface area contributed by atoms with Gasteiger partial charge in [-0.05, 0) is 47.5 Å². The summed E-state index contributed by atoms with van der Waals surface area (Å²) in [6, 6.07) is 14.2. The van der Waals surface area contributed by atoms with Crippen LogP contribution in [0.5, 0.6) is 17.2 Å². The third-order valence-electron chi connectivity index (χ3n) is 5.09. The van der Waals surface area contributed by atoms with Crippen LogP contribution in [0.1, 0.15) is 27.0 Å². The summed E-state index contributed by atoms with van der Waals surface area (Å²) >= 11 is 0. The molecule has 1 aliphatic rings. The Morgan fingerprint density at radius 3 is 2.67 bits per heavy atom. The SMILES string of the molecule is COc1c(C(=O)NCc2ccc3c(c2)OCO3)ccc(N)c1C(=[N-])/C=C/c1ccc(F)cc1. The predicted octanol–water partition coefficient (Wildman–Crippen LogP) is 4.15. The van der Waals surface area contributed by atoms with Crippen molar-refractivity contribution in [2.45, 2.75) is 6.54 Å². The van der Waals surface area contributed by atoms with E-state index >= 15 is 0 Å². The number of rotatable bonds is 7. The van der Waals surface area contributed by atoms with Crippen LogP contribution in [0, 0.1) is 5.82 Å². The van der Waals surface area contributed by atoms with E-state index in [-0.39, 0.29) is 47.4 Å². The summed E-state index contributed by atoms with van der Waals surface area (Å²) in [5.41, 5.74) is 8.02. The Balaban J connectivity index is 1.53. The molecular formula is C25H21FN3O4-.